The molecule has 0 aromatic heterocycles. The van der Waals surface area contributed by atoms with Gasteiger partial charge < -0.3 is 9.64 Å². The summed E-state index contributed by atoms with van der Waals surface area (Å²) in [5, 5.41) is 11.3. The number of hydrogen-bond acceptors (Lipinski definition) is 6. The summed E-state index contributed by atoms with van der Waals surface area (Å²) in [4.78, 5) is 12.8. The fourth-order valence-corrected chi connectivity index (χ4v) is 5.68. The number of non-ortho nitro benzene ring substituents is 1. The van der Waals surface area contributed by atoms with Crippen LogP contribution >= 0.6 is 0 Å². The third-order valence-corrected chi connectivity index (χ3v) is 6.97. The van der Waals surface area contributed by atoms with Gasteiger partial charge in [0.05, 0.1) is 22.8 Å². The zero-order valence-corrected chi connectivity index (χ0v) is 16.7. The molecule has 8 nitrogen and oxygen atoms in total. The van der Waals surface area contributed by atoms with E-state index in [0.29, 0.717) is 5.69 Å². The molecule has 2 aliphatic rings. The number of ether oxygens (including phenoxy) is 1. The molecule has 2 fully saturated rings. The predicted octanol–water partition coefficient (Wildman–Crippen LogP) is 2.77. The van der Waals surface area contributed by atoms with E-state index < -0.39 is 14.9 Å². The molecule has 27 heavy (non-hydrogen) atoms. The van der Waals surface area contributed by atoms with E-state index in [4.69, 9.17) is 4.74 Å². The van der Waals surface area contributed by atoms with E-state index in [1.165, 1.54) is 16.4 Å². The first-order valence-electron chi connectivity index (χ1n) is 9.48. The van der Waals surface area contributed by atoms with E-state index in [0.717, 1.165) is 38.8 Å². The topological polar surface area (TPSA) is 93.0 Å². The summed E-state index contributed by atoms with van der Waals surface area (Å²) in [7, 11) is -3.87. The Labute approximate surface area is 160 Å². The van der Waals surface area contributed by atoms with Crippen LogP contribution in [0.1, 0.15) is 39.5 Å². The van der Waals surface area contributed by atoms with Crippen LogP contribution in [0.3, 0.4) is 0 Å². The maximum absolute atomic E-state index is 13.4. The number of hydrogen-bond donors (Lipinski definition) is 0. The van der Waals surface area contributed by atoms with E-state index >= 15 is 0 Å². The molecule has 2 aliphatic heterocycles. The maximum Gasteiger partial charge on any atom is 0.270 e. The summed E-state index contributed by atoms with van der Waals surface area (Å²) < 4.78 is 33.9. The molecule has 0 spiro atoms. The largest absolute Gasteiger partial charge is 0.373 e. The smallest absolute Gasteiger partial charge is 0.270 e. The normalized spacial score (nSPS) is 25.2. The maximum atomic E-state index is 13.4. The molecule has 1 aromatic carbocycles. The van der Waals surface area contributed by atoms with Crippen LogP contribution in [0.2, 0.25) is 0 Å². The first-order chi connectivity index (χ1) is 12.8. The molecular weight excluding hydrogens is 370 g/mol. The van der Waals surface area contributed by atoms with Crippen LogP contribution in [0.15, 0.2) is 23.1 Å². The van der Waals surface area contributed by atoms with Gasteiger partial charge in [0.1, 0.15) is 4.90 Å². The van der Waals surface area contributed by atoms with Crippen molar-refractivity contribution < 1.29 is 18.1 Å². The van der Waals surface area contributed by atoms with Gasteiger partial charge in [-0.2, -0.15) is 4.31 Å². The highest BCUT2D eigenvalue weighted by atomic mass is 32.2. The third kappa shape index (κ3) is 4.41. The molecule has 2 saturated heterocycles. The minimum atomic E-state index is -3.87. The molecule has 150 valence electrons. The zero-order valence-electron chi connectivity index (χ0n) is 15.8. The number of morpholine rings is 1. The second-order valence-electron chi connectivity index (χ2n) is 7.39. The van der Waals surface area contributed by atoms with Gasteiger partial charge in [-0.25, -0.2) is 8.42 Å². The fourth-order valence-electron chi connectivity index (χ4n) is 3.86. The van der Waals surface area contributed by atoms with Crippen molar-refractivity contribution in [3.63, 3.8) is 0 Å². The molecule has 0 bridgehead atoms. The monoisotopic (exact) mass is 397 g/mol. The highest BCUT2D eigenvalue weighted by Crippen LogP contribution is 2.34. The molecule has 0 amide bonds. The van der Waals surface area contributed by atoms with E-state index in [9.17, 15) is 18.5 Å². The number of sulfonamides is 1. The number of nitro groups is 1. The van der Waals surface area contributed by atoms with Gasteiger partial charge in [0, 0.05) is 38.3 Å². The number of benzene rings is 1. The molecule has 0 radical (unpaired) electrons. The van der Waals surface area contributed by atoms with Crippen molar-refractivity contribution in [2.45, 2.75) is 56.6 Å². The Bertz CT molecular complexity index is 780. The van der Waals surface area contributed by atoms with Gasteiger partial charge in [0.2, 0.25) is 10.0 Å². The standard InChI is InChI=1S/C18H27N3O5S/c1-14-12-20(13-15(2)26-14)27(24,25)18-11-16(21(22)23)7-8-17(18)19-9-5-3-4-6-10-19/h7-8,11,14-15H,3-6,9-10,12-13H2,1-2H3/t14-,15+. The Morgan fingerprint density at radius 2 is 1.67 bits per heavy atom. The summed E-state index contributed by atoms with van der Waals surface area (Å²) in [5.41, 5.74) is 0.357. The Kier molecular flexibility index (Phi) is 6.02. The van der Waals surface area contributed by atoms with Crippen LogP contribution in [0.4, 0.5) is 11.4 Å². The van der Waals surface area contributed by atoms with Crippen LogP contribution in [0.5, 0.6) is 0 Å². The van der Waals surface area contributed by atoms with Gasteiger partial charge in [0.15, 0.2) is 0 Å². The van der Waals surface area contributed by atoms with Crippen molar-refractivity contribution in [2.75, 3.05) is 31.1 Å². The highest BCUT2D eigenvalue weighted by molar-refractivity contribution is 7.89. The van der Waals surface area contributed by atoms with Crippen LogP contribution in [0.25, 0.3) is 0 Å². The second kappa shape index (κ2) is 8.12. The number of anilines is 1. The summed E-state index contributed by atoms with van der Waals surface area (Å²) in [6.45, 7) is 5.68. The van der Waals surface area contributed by atoms with Crippen molar-refractivity contribution >= 4 is 21.4 Å². The molecule has 0 saturated carbocycles. The van der Waals surface area contributed by atoms with Crippen molar-refractivity contribution in [2.24, 2.45) is 0 Å². The van der Waals surface area contributed by atoms with Crippen molar-refractivity contribution in [3.8, 4) is 0 Å². The van der Waals surface area contributed by atoms with Crippen molar-refractivity contribution in [1.29, 1.82) is 0 Å². The van der Waals surface area contributed by atoms with Crippen molar-refractivity contribution in [3.05, 3.63) is 28.3 Å². The predicted molar refractivity (Wildman–Crippen MR) is 103 cm³/mol. The lowest BCUT2D eigenvalue weighted by atomic mass is 10.2. The number of nitrogens with zero attached hydrogens (tertiary/aromatic N) is 3. The molecule has 9 heteroatoms. The minimum absolute atomic E-state index is 0.0277. The van der Waals surface area contributed by atoms with Gasteiger partial charge in [-0.05, 0) is 32.8 Å². The summed E-state index contributed by atoms with van der Waals surface area (Å²) in [5.74, 6) is 0. The Morgan fingerprint density at radius 1 is 1.07 bits per heavy atom. The summed E-state index contributed by atoms with van der Waals surface area (Å²) in [6, 6.07) is 4.19. The van der Waals surface area contributed by atoms with Crippen LogP contribution in [-0.2, 0) is 14.8 Å². The average molecular weight is 397 g/mol. The quantitative estimate of drug-likeness (QED) is 0.573. The number of rotatable bonds is 4. The van der Waals surface area contributed by atoms with Gasteiger partial charge in [0.25, 0.3) is 5.69 Å². The molecule has 0 N–H and O–H groups in total. The lowest BCUT2D eigenvalue weighted by Gasteiger charge is -2.35. The zero-order chi connectivity index (χ0) is 19.6. The first-order valence-corrected chi connectivity index (χ1v) is 10.9. The third-order valence-electron chi connectivity index (χ3n) is 5.10. The Hall–Kier alpha value is -1.71. The van der Waals surface area contributed by atoms with Gasteiger partial charge in [-0.1, -0.05) is 12.8 Å². The van der Waals surface area contributed by atoms with Crippen LogP contribution in [-0.4, -0.2) is 56.0 Å². The molecule has 0 aliphatic carbocycles. The van der Waals surface area contributed by atoms with E-state index in [1.54, 1.807) is 6.07 Å². The molecule has 2 atom stereocenters. The average Bonchev–Trinajstić information content (AvgIpc) is 2.89. The second-order valence-corrected chi connectivity index (χ2v) is 9.30. The Morgan fingerprint density at radius 3 is 2.22 bits per heavy atom. The van der Waals surface area contributed by atoms with E-state index in [1.807, 2.05) is 13.8 Å². The lowest BCUT2D eigenvalue weighted by Crippen LogP contribution is -2.48. The van der Waals surface area contributed by atoms with Gasteiger partial charge in [-0.3, -0.25) is 10.1 Å². The van der Waals surface area contributed by atoms with Gasteiger partial charge in [-0.15, -0.1) is 0 Å². The minimum Gasteiger partial charge on any atom is -0.373 e. The highest BCUT2D eigenvalue weighted by Gasteiger charge is 2.35. The molecule has 2 heterocycles. The fraction of sp³-hybridized carbons (Fsp3) is 0.667. The van der Waals surface area contributed by atoms with E-state index in [2.05, 4.69) is 4.90 Å². The van der Waals surface area contributed by atoms with Crippen LogP contribution in [0, 0.1) is 10.1 Å². The Balaban J connectivity index is 2.04. The van der Waals surface area contributed by atoms with E-state index in [-0.39, 0.29) is 35.9 Å². The van der Waals surface area contributed by atoms with Gasteiger partial charge >= 0.3 is 0 Å². The molecule has 3 rings (SSSR count). The van der Waals surface area contributed by atoms with Crippen molar-refractivity contribution in [1.82, 2.24) is 4.31 Å². The first kappa shape index (κ1) is 20.0. The van der Waals surface area contributed by atoms with Crippen LogP contribution < -0.4 is 4.90 Å². The molecule has 1 aromatic rings. The molecular formula is C18H27N3O5S. The number of nitro benzene ring substituents is 1. The SMILES string of the molecule is C[C@@H]1CN(S(=O)(=O)c2cc([N+](=O)[O-])ccc2N2CCCCCC2)C[C@H](C)O1. The molecule has 0 unspecified atom stereocenters. The summed E-state index contributed by atoms with van der Waals surface area (Å²) in [6.07, 6.45) is 3.77. The lowest BCUT2D eigenvalue weighted by molar-refractivity contribution is -0.385. The summed E-state index contributed by atoms with van der Waals surface area (Å²) >= 11 is 0.